The van der Waals surface area contributed by atoms with Crippen LogP contribution in [0.2, 0.25) is 0 Å². The molecule has 2 rings (SSSR count). The van der Waals surface area contributed by atoms with Gasteiger partial charge in [-0.05, 0) is 25.0 Å². The zero-order chi connectivity index (χ0) is 12.4. The zero-order valence-corrected chi connectivity index (χ0v) is 9.37. The van der Waals surface area contributed by atoms with E-state index in [4.69, 9.17) is 10.8 Å². The zero-order valence-electron chi connectivity index (χ0n) is 9.37. The van der Waals surface area contributed by atoms with Crippen LogP contribution in [0, 0.1) is 10.1 Å². The molecule has 0 unspecified atom stereocenters. The predicted octanol–water partition coefficient (Wildman–Crippen LogP) is 1.14. The Morgan fingerprint density at radius 2 is 2.24 bits per heavy atom. The fourth-order valence-corrected chi connectivity index (χ4v) is 1.97. The van der Waals surface area contributed by atoms with Crippen LogP contribution in [0.5, 0.6) is 0 Å². The second kappa shape index (κ2) is 4.58. The molecule has 0 amide bonds. The third-order valence-corrected chi connectivity index (χ3v) is 2.87. The summed E-state index contributed by atoms with van der Waals surface area (Å²) in [4.78, 5) is 12.4. The molecule has 92 valence electrons. The van der Waals surface area contributed by atoms with Gasteiger partial charge in [-0.15, -0.1) is 0 Å². The van der Waals surface area contributed by atoms with Gasteiger partial charge in [0.2, 0.25) is 0 Å². The van der Waals surface area contributed by atoms with Crippen molar-refractivity contribution >= 4 is 17.1 Å². The number of hydrogen-bond acceptors (Lipinski definition) is 5. The summed E-state index contributed by atoms with van der Waals surface area (Å²) in [5.74, 6) is 0. The van der Waals surface area contributed by atoms with E-state index in [0.717, 1.165) is 12.8 Å². The summed E-state index contributed by atoms with van der Waals surface area (Å²) in [6.07, 6.45) is 2.01. The van der Waals surface area contributed by atoms with Crippen molar-refractivity contribution in [2.75, 3.05) is 23.8 Å². The highest BCUT2D eigenvalue weighted by molar-refractivity contribution is 5.75. The highest BCUT2D eigenvalue weighted by Gasteiger charge is 2.33. The van der Waals surface area contributed by atoms with Crippen molar-refractivity contribution in [1.82, 2.24) is 0 Å². The molecule has 0 aromatic heterocycles. The van der Waals surface area contributed by atoms with Crippen molar-refractivity contribution in [2.24, 2.45) is 0 Å². The van der Waals surface area contributed by atoms with E-state index in [1.807, 2.05) is 4.90 Å². The number of nitro groups is 1. The van der Waals surface area contributed by atoms with Gasteiger partial charge in [-0.3, -0.25) is 10.1 Å². The van der Waals surface area contributed by atoms with Crippen LogP contribution in [-0.4, -0.2) is 29.2 Å². The first-order valence-corrected chi connectivity index (χ1v) is 5.55. The molecule has 1 fully saturated rings. The Balaban J connectivity index is 2.41. The Morgan fingerprint density at radius 3 is 2.76 bits per heavy atom. The maximum atomic E-state index is 11.0. The number of aliphatic hydroxyl groups excluding tert-OH is 1. The second-order valence-corrected chi connectivity index (χ2v) is 4.12. The monoisotopic (exact) mass is 237 g/mol. The number of aliphatic hydroxyl groups is 1. The van der Waals surface area contributed by atoms with E-state index >= 15 is 0 Å². The number of nitrogens with zero attached hydrogens (tertiary/aromatic N) is 2. The van der Waals surface area contributed by atoms with E-state index < -0.39 is 4.92 Å². The standard InChI is InChI=1S/C11H15N3O3/c12-9-2-1-3-10(11(9)14(16)17)13(6-7-15)8-4-5-8/h1-3,8,15H,4-7,12H2. The summed E-state index contributed by atoms with van der Waals surface area (Å²) in [7, 11) is 0. The summed E-state index contributed by atoms with van der Waals surface area (Å²) in [5, 5.41) is 20.1. The quantitative estimate of drug-likeness (QED) is 0.455. The summed E-state index contributed by atoms with van der Waals surface area (Å²) in [6.45, 7) is 0.372. The highest BCUT2D eigenvalue weighted by Crippen LogP contribution is 2.39. The van der Waals surface area contributed by atoms with E-state index in [9.17, 15) is 10.1 Å². The summed E-state index contributed by atoms with van der Waals surface area (Å²) < 4.78 is 0. The molecule has 1 aromatic carbocycles. The van der Waals surface area contributed by atoms with Gasteiger partial charge >= 0.3 is 5.69 Å². The maximum absolute atomic E-state index is 11.0. The van der Waals surface area contributed by atoms with Crippen LogP contribution in [0.1, 0.15) is 12.8 Å². The van der Waals surface area contributed by atoms with Crippen molar-refractivity contribution in [2.45, 2.75) is 18.9 Å². The third-order valence-electron chi connectivity index (χ3n) is 2.87. The number of rotatable bonds is 5. The minimum absolute atomic E-state index is 0.0253. The molecule has 1 aromatic rings. The normalized spacial score (nSPS) is 14.6. The van der Waals surface area contributed by atoms with Crippen LogP contribution in [0.3, 0.4) is 0 Å². The van der Waals surface area contributed by atoms with Gasteiger partial charge in [0.15, 0.2) is 0 Å². The number of hydrogen-bond donors (Lipinski definition) is 2. The van der Waals surface area contributed by atoms with Crippen LogP contribution < -0.4 is 10.6 Å². The molecule has 6 nitrogen and oxygen atoms in total. The average molecular weight is 237 g/mol. The van der Waals surface area contributed by atoms with Gasteiger partial charge in [0.05, 0.1) is 11.5 Å². The number of nitro benzene ring substituents is 1. The number of nitrogen functional groups attached to an aromatic ring is 1. The van der Waals surface area contributed by atoms with Gasteiger partial charge in [-0.2, -0.15) is 0 Å². The minimum Gasteiger partial charge on any atom is -0.395 e. The van der Waals surface area contributed by atoms with Gasteiger partial charge in [0.25, 0.3) is 0 Å². The van der Waals surface area contributed by atoms with E-state index in [-0.39, 0.29) is 18.0 Å². The molecule has 1 saturated carbocycles. The first-order chi connectivity index (χ1) is 8.15. The Kier molecular flexibility index (Phi) is 3.14. The van der Waals surface area contributed by atoms with Crippen LogP contribution >= 0.6 is 0 Å². The lowest BCUT2D eigenvalue weighted by atomic mass is 10.2. The molecule has 0 saturated heterocycles. The molecule has 0 radical (unpaired) electrons. The molecular weight excluding hydrogens is 222 g/mol. The molecule has 0 atom stereocenters. The lowest BCUT2D eigenvalue weighted by Gasteiger charge is -2.23. The van der Waals surface area contributed by atoms with Gasteiger partial charge < -0.3 is 15.7 Å². The van der Waals surface area contributed by atoms with Crippen molar-refractivity contribution in [3.63, 3.8) is 0 Å². The molecule has 1 aliphatic carbocycles. The minimum atomic E-state index is -0.461. The molecule has 6 heteroatoms. The van der Waals surface area contributed by atoms with E-state index in [1.165, 1.54) is 6.07 Å². The number of benzene rings is 1. The molecule has 0 bridgehead atoms. The topological polar surface area (TPSA) is 92.6 Å². The largest absolute Gasteiger partial charge is 0.395 e. The summed E-state index contributed by atoms with van der Waals surface area (Å²) >= 11 is 0. The number of anilines is 2. The molecule has 17 heavy (non-hydrogen) atoms. The summed E-state index contributed by atoms with van der Waals surface area (Å²) in [6, 6.07) is 5.20. The Labute approximate surface area is 98.8 Å². The van der Waals surface area contributed by atoms with E-state index in [0.29, 0.717) is 18.3 Å². The molecule has 0 heterocycles. The molecule has 0 spiro atoms. The second-order valence-electron chi connectivity index (χ2n) is 4.12. The summed E-state index contributed by atoms with van der Waals surface area (Å²) in [5.41, 5.74) is 6.25. The molecule has 0 aliphatic heterocycles. The van der Waals surface area contributed by atoms with Crippen LogP contribution in [-0.2, 0) is 0 Å². The Morgan fingerprint density at radius 1 is 1.53 bits per heavy atom. The van der Waals surface area contributed by atoms with Gasteiger partial charge in [0, 0.05) is 12.6 Å². The fraction of sp³-hybridized carbons (Fsp3) is 0.455. The van der Waals surface area contributed by atoms with Crippen molar-refractivity contribution in [3.8, 4) is 0 Å². The molecule has 3 N–H and O–H groups in total. The Hall–Kier alpha value is -1.82. The lowest BCUT2D eigenvalue weighted by Crippen LogP contribution is -2.29. The van der Waals surface area contributed by atoms with E-state index in [2.05, 4.69) is 0 Å². The molecular formula is C11H15N3O3. The van der Waals surface area contributed by atoms with Crippen LogP contribution in [0.4, 0.5) is 17.1 Å². The maximum Gasteiger partial charge on any atom is 0.315 e. The lowest BCUT2D eigenvalue weighted by molar-refractivity contribution is -0.383. The van der Waals surface area contributed by atoms with Gasteiger partial charge in [0.1, 0.15) is 11.4 Å². The van der Waals surface area contributed by atoms with Gasteiger partial charge in [-0.25, -0.2) is 0 Å². The van der Waals surface area contributed by atoms with Crippen molar-refractivity contribution < 1.29 is 10.0 Å². The van der Waals surface area contributed by atoms with Crippen molar-refractivity contribution in [1.29, 1.82) is 0 Å². The van der Waals surface area contributed by atoms with E-state index in [1.54, 1.807) is 12.1 Å². The molecule has 1 aliphatic rings. The number of para-hydroxylation sites is 1. The predicted molar refractivity (Wildman–Crippen MR) is 65.0 cm³/mol. The highest BCUT2D eigenvalue weighted by atomic mass is 16.6. The third kappa shape index (κ3) is 2.31. The SMILES string of the molecule is Nc1cccc(N(CCO)C2CC2)c1[N+](=O)[O-]. The average Bonchev–Trinajstić information content (AvgIpc) is 3.08. The first kappa shape index (κ1) is 11.7. The van der Waals surface area contributed by atoms with Crippen LogP contribution in [0.25, 0.3) is 0 Å². The number of nitrogens with two attached hydrogens (primary N) is 1. The van der Waals surface area contributed by atoms with Gasteiger partial charge in [-0.1, -0.05) is 6.07 Å². The smallest absolute Gasteiger partial charge is 0.315 e. The fourth-order valence-electron chi connectivity index (χ4n) is 1.97. The first-order valence-electron chi connectivity index (χ1n) is 5.55. The van der Waals surface area contributed by atoms with Crippen molar-refractivity contribution in [3.05, 3.63) is 28.3 Å². The Bertz CT molecular complexity index is 432. The van der Waals surface area contributed by atoms with Crippen LogP contribution in [0.15, 0.2) is 18.2 Å².